The van der Waals surface area contributed by atoms with Crippen LogP contribution in [0.3, 0.4) is 0 Å². The Balaban J connectivity index is 2.03. The summed E-state index contributed by atoms with van der Waals surface area (Å²) in [4.78, 5) is 17.0. The van der Waals surface area contributed by atoms with E-state index in [2.05, 4.69) is 25.7 Å². The zero-order chi connectivity index (χ0) is 17.3. The molecule has 1 aliphatic heterocycles. The fourth-order valence-corrected chi connectivity index (χ4v) is 3.49. The number of carbonyl (C=O) groups excluding carboxylic acids is 1. The van der Waals surface area contributed by atoms with Crippen LogP contribution in [0.15, 0.2) is 29.2 Å². The minimum absolute atomic E-state index is 0.0918. The lowest BCUT2D eigenvalue weighted by atomic mass is 9.96. The van der Waals surface area contributed by atoms with Gasteiger partial charge in [0.2, 0.25) is 0 Å². The van der Waals surface area contributed by atoms with Crippen LogP contribution in [-0.4, -0.2) is 63.1 Å². The summed E-state index contributed by atoms with van der Waals surface area (Å²) in [6, 6.07) is 6.30. The third-order valence-corrected chi connectivity index (χ3v) is 4.98. The first-order valence-electron chi connectivity index (χ1n) is 7.88. The number of hydrogen-bond donors (Lipinski definition) is 0. The zero-order valence-corrected chi connectivity index (χ0v) is 15.2. The van der Waals surface area contributed by atoms with Crippen LogP contribution < -0.4 is 0 Å². The van der Waals surface area contributed by atoms with Gasteiger partial charge in [0.05, 0.1) is 4.90 Å². The van der Waals surface area contributed by atoms with Crippen molar-refractivity contribution in [3.05, 3.63) is 29.8 Å². The Morgan fingerprint density at radius 2 is 1.74 bits per heavy atom. The number of rotatable bonds is 3. The van der Waals surface area contributed by atoms with E-state index in [1.807, 2.05) is 0 Å². The van der Waals surface area contributed by atoms with Crippen molar-refractivity contribution in [3.8, 4) is 0 Å². The maximum Gasteiger partial charge on any atom is 0.253 e. The number of nitrogens with zero attached hydrogens (tertiary/aromatic N) is 2. The monoisotopic (exact) mass is 338 g/mol. The molecule has 1 aromatic rings. The van der Waals surface area contributed by atoms with E-state index in [1.54, 1.807) is 17.0 Å². The Morgan fingerprint density at radius 1 is 1.13 bits per heavy atom. The number of sulfone groups is 1. The van der Waals surface area contributed by atoms with Gasteiger partial charge in [-0.3, -0.25) is 9.69 Å². The lowest BCUT2D eigenvalue weighted by Gasteiger charge is -2.37. The standard InChI is InChI=1S/C17H26N2O3S/c1-17(2,3)13-18-8-10-19(11-9-18)16(20)14-6-5-7-15(12-14)23(4,21)22/h5-7,12H,8-11,13H2,1-4H3. The Morgan fingerprint density at radius 3 is 2.26 bits per heavy atom. The number of amides is 1. The Hall–Kier alpha value is -1.40. The quantitative estimate of drug-likeness (QED) is 0.844. The molecule has 0 unspecified atom stereocenters. The first-order chi connectivity index (χ1) is 10.6. The molecule has 0 aromatic heterocycles. The van der Waals surface area contributed by atoms with Gasteiger partial charge in [-0.1, -0.05) is 26.8 Å². The Labute approximate surface area is 139 Å². The van der Waals surface area contributed by atoms with Gasteiger partial charge < -0.3 is 4.90 Å². The van der Waals surface area contributed by atoms with E-state index in [9.17, 15) is 13.2 Å². The summed E-state index contributed by atoms with van der Waals surface area (Å²) in [5.41, 5.74) is 0.688. The molecule has 23 heavy (non-hydrogen) atoms. The molecule has 1 aromatic carbocycles. The average Bonchev–Trinajstić information content (AvgIpc) is 2.45. The third-order valence-electron chi connectivity index (χ3n) is 3.87. The van der Waals surface area contributed by atoms with Crippen molar-refractivity contribution in [1.82, 2.24) is 9.80 Å². The van der Waals surface area contributed by atoms with Crippen LogP contribution in [0.2, 0.25) is 0 Å². The fourth-order valence-electron chi connectivity index (χ4n) is 2.82. The highest BCUT2D eigenvalue weighted by molar-refractivity contribution is 7.90. The lowest BCUT2D eigenvalue weighted by Crippen LogP contribution is -2.50. The lowest BCUT2D eigenvalue weighted by molar-refractivity contribution is 0.0592. The van der Waals surface area contributed by atoms with E-state index in [0.717, 1.165) is 25.9 Å². The van der Waals surface area contributed by atoms with Gasteiger partial charge in [0.25, 0.3) is 5.91 Å². The minimum Gasteiger partial charge on any atom is -0.336 e. The molecule has 1 saturated heterocycles. The topological polar surface area (TPSA) is 57.7 Å². The predicted molar refractivity (Wildman–Crippen MR) is 91.4 cm³/mol. The molecule has 128 valence electrons. The molecule has 1 heterocycles. The van der Waals surface area contributed by atoms with E-state index in [4.69, 9.17) is 0 Å². The van der Waals surface area contributed by atoms with Gasteiger partial charge in [0.15, 0.2) is 9.84 Å². The summed E-state index contributed by atoms with van der Waals surface area (Å²) in [6.45, 7) is 10.7. The molecule has 0 atom stereocenters. The summed E-state index contributed by atoms with van der Waals surface area (Å²) >= 11 is 0. The zero-order valence-electron chi connectivity index (χ0n) is 14.4. The minimum atomic E-state index is -3.30. The Kier molecular flexibility index (Phi) is 5.16. The van der Waals surface area contributed by atoms with E-state index in [-0.39, 0.29) is 16.2 Å². The molecule has 0 saturated carbocycles. The normalized spacial score (nSPS) is 17.3. The van der Waals surface area contributed by atoms with Crippen molar-refractivity contribution in [3.63, 3.8) is 0 Å². The van der Waals surface area contributed by atoms with E-state index in [1.165, 1.54) is 12.1 Å². The summed E-state index contributed by atoms with van der Waals surface area (Å²) in [5.74, 6) is -0.0918. The molecule has 0 radical (unpaired) electrons. The molecule has 0 bridgehead atoms. The molecule has 0 aliphatic carbocycles. The second kappa shape index (κ2) is 6.61. The van der Waals surface area contributed by atoms with Gasteiger partial charge in [-0.05, 0) is 23.6 Å². The number of piperazine rings is 1. The molecule has 1 fully saturated rings. The first-order valence-corrected chi connectivity index (χ1v) is 9.77. The Bertz CT molecular complexity index is 669. The molecule has 6 heteroatoms. The van der Waals surface area contributed by atoms with Gasteiger partial charge in [-0.25, -0.2) is 8.42 Å². The van der Waals surface area contributed by atoms with Crippen LogP contribution in [0.25, 0.3) is 0 Å². The molecular formula is C17H26N2O3S. The smallest absolute Gasteiger partial charge is 0.253 e. The maximum absolute atomic E-state index is 12.6. The number of hydrogen-bond acceptors (Lipinski definition) is 4. The maximum atomic E-state index is 12.6. The van der Waals surface area contributed by atoms with E-state index < -0.39 is 9.84 Å². The molecule has 2 rings (SSSR count). The molecular weight excluding hydrogens is 312 g/mol. The molecule has 1 aliphatic rings. The highest BCUT2D eigenvalue weighted by Crippen LogP contribution is 2.18. The predicted octanol–water partition coefficient (Wildman–Crippen LogP) is 1.89. The summed E-state index contributed by atoms with van der Waals surface area (Å²) in [6.07, 6.45) is 1.15. The van der Waals surface area contributed by atoms with Gasteiger partial charge in [0, 0.05) is 44.5 Å². The van der Waals surface area contributed by atoms with Crippen LogP contribution in [-0.2, 0) is 9.84 Å². The second-order valence-electron chi connectivity index (χ2n) is 7.43. The molecule has 0 N–H and O–H groups in total. The van der Waals surface area contributed by atoms with E-state index >= 15 is 0 Å². The van der Waals surface area contributed by atoms with E-state index in [0.29, 0.717) is 18.7 Å². The van der Waals surface area contributed by atoms with Crippen molar-refractivity contribution in [2.45, 2.75) is 25.7 Å². The van der Waals surface area contributed by atoms with Crippen LogP contribution in [0, 0.1) is 5.41 Å². The highest BCUT2D eigenvalue weighted by Gasteiger charge is 2.25. The summed E-state index contributed by atoms with van der Waals surface area (Å²) in [7, 11) is -3.30. The fraction of sp³-hybridized carbons (Fsp3) is 0.588. The van der Waals surface area contributed by atoms with Crippen molar-refractivity contribution in [2.24, 2.45) is 5.41 Å². The molecule has 1 amide bonds. The highest BCUT2D eigenvalue weighted by atomic mass is 32.2. The summed E-state index contributed by atoms with van der Waals surface area (Å²) in [5, 5.41) is 0. The van der Waals surface area contributed by atoms with Gasteiger partial charge in [-0.15, -0.1) is 0 Å². The largest absolute Gasteiger partial charge is 0.336 e. The van der Waals surface area contributed by atoms with Gasteiger partial charge in [-0.2, -0.15) is 0 Å². The van der Waals surface area contributed by atoms with Crippen LogP contribution in [0.1, 0.15) is 31.1 Å². The van der Waals surface area contributed by atoms with Crippen molar-refractivity contribution < 1.29 is 13.2 Å². The SMILES string of the molecule is CC(C)(C)CN1CCN(C(=O)c2cccc(S(C)(=O)=O)c2)CC1. The number of benzene rings is 1. The number of carbonyl (C=O) groups is 1. The van der Waals surface area contributed by atoms with Gasteiger partial charge in [0.1, 0.15) is 0 Å². The second-order valence-corrected chi connectivity index (χ2v) is 9.44. The van der Waals surface area contributed by atoms with Crippen LogP contribution in [0.4, 0.5) is 0 Å². The van der Waals surface area contributed by atoms with Crippen LogP contribution >= 0.6 is 0 Å². The van der Waals surface area contributed by atoms with Crippen LogP contribution in [0.5, 0.6) is 0 Å². The van der Waals surface area contributed by atoms with Crippen molar-refractivity contribution >= 4 is 15.7 Å². The van der Waals surface area contributed by atoms with Crippen molar-refractivity contribution in [2.75, 3.05) is 39.0 Å². The molecule has 0 spiro atoms. The van der Waals surface area contributed by atoms with Gasteiger partial charge >= 0.3 is 0 Å². The summed E-state index contributed by atoms with van der Waals surface area (Å²) < 4.78 is 23.3. The van der Waals surface area contributed by atoms with Crippen molar-refractivity contribution in [1.29, 1.82) is 0 Å². The third kappa shape index (κ3) is 5.04. The molecule has 5 nitrogen and oxygen atoms in total. The average molecular weight is 338 g/mol. The first kappa shape index (κ1) is 17.9.